The molecular weight excluding hydrogens is 271 g/mol. The molecule has 0 radical (unpaired) electrons. The fraction of sp³-hybridized carbons (Fsp3) is 0.462. The summed E-state index contributed by atoms with van der Waals surface area (Å²) in [6.07, 6.45) is 1.03. The molecule has 0 aliphatic heterocycles. The average molecular weight is 287 g/mol. The van der Waals surface area contributed by atoms with E-state index in [4.69, 9.17) is 0 Å². The van der Waals surface area contributed by atoms with Crippen molar-refractivity contribution in [2.45, 2.75) is 33.6 Å². The molecule has 88 valence electrons. The summed E-state index contributed by atoms with van der Waals surface area (Å²) in [4.78, 5) is 11.7. The molecule has 0 amide bonds. The Bertz CT molecular complexity index is 393. The van der Waals surface area contributed by atoms with Crippen molar-refractivity contribution in [2.75, 3.05) is 0 Å². The number of ketones is 1. The predicted octanol–water partition coefficient (Wildman–Crippen LogP) is 4.14. The zero-order valence-electron chi connectivity index (χ0n) is 9.81. The third-order valence-electron chi connectivity index (χ3n) is 2.49. The Labute approximate surface area is 104 Å². The summed E-state index contributed by atoms with van der Waals surface area (Å²) in [6.45, 7) is 5.70. The van der Waals surface area contributed by atoms with E-state index in [0.29, 0.717) is 17.3 Å². The maximum absolute atomic E-state index is 13.2. The largest absolute Gasteiger partial charge is 0.299 e. The van der Waals surface area contributed by atoms with Crippen LogP contribution in [0.25, 0.3) is 0 Å². The van der Waals surface area contributed by atoms with E-state index in [-0.39, 0.29) is 17.0 Å². The predicted molar refractivity (Wildman–Crippen MR) is 66.9 cm³/mol. The summed E-state index contributed by atoms with van der Waals surface area (Å²) in [7, 11) is 0. The molecule has 0 N–H and O–H groups in total. The van der Waals surface area contributed by atoms with E-state index < -0.39 is 0 Å². The maximum atomic E-state index is 13.2. The van der Waals surface area contributed by atoms with Crippen LogP contribution < -0.4 is 0 Å². The van der Waals surface area contributed by atoms with Gasteiger partial charge in [-0.25, -0.2) is 4.39 Å². The Morgan fingerprint density at radius 2 is 2.00 bits per heavy atom. The van der Waals surface area contributed by atoms with Gasteiger partial charge in [0.2, 0.25) is 0 Å². The fourth-order valence-corrected chi connectivity index (χ4v) is 1.83. The Kier molecular flexibility index (Phi) is 4.25. The molecule has 0 aliphatic carbocycles. The summed E-state index contributed by atoms with van der Waals surface area (Å²) in [5.41, 5.74) is 0.525. The van der Waals surface area contributed by atoms with Crippen LogP contribution in [0.1, 0.15) is 32.8 Å². The molecule has 1 aromatic rings. The zero-order chi connectivity index (χ0) is 12.3. The number of rotatable bonds is 3. The average Bonchev–Trinajstić information content (AvgIpc) is 2.18. The van der Waals surface area contributed by atoms with Crippen molar-refractivity contribution in [3.8, 4) is 0 Å². The Balaban J connectivity index is 2.69. The first-order valence-corrected chi connectivity index (χ1v) is 6.08. The lowest BCUT2D eigenvalue weighted by Gasteiger charge is -2.16. The molecule has 0 heterocycles. The Morgan fingerprint density at radius 1 is 1.38 bits per heavy atom. The summed E-state index contributed by atoms with van der Waals surface area (Å²) in [5.74, 6) is -0.0793. The van der Waals surface area contributed by atoms with Gasteiger partial charge in [0.15, 0.2) is 0 Å². The summed E-state index contributed by atoms with van der Waals surface area (Å²) in [6, 6.07) is 4.90. The third-order valence-corrected chi connectivity index (χ3v) is 3.38. The van der Waals surface area contributed by atoms with E-state index in [9.17, 15) is 9.18 Å². The molecule has 0 unspecified atom stereocenters. The van der Waals surface area contributed by atoms with Crippen LogP contribution in [-0.2, 0) is 11.2 Å². The van der Waals surface area contributed by atoms with Crippen LogP contribution >= 0.6 is 15.9 Å². The molecule has 0 saturated carbocycles. The first-order chi connectivity index (χ1) is 7.32. The van der Waals surface area contributed by atoms with Crippen molar-refractivity contribution in [1.82, 2.24) is 0 Å². The molecule has 0 saturated heterocycles. The molecule has 0 aromatic heterocycles. The third kappa shape index (κ3) is 3.41. The number of aryl methyl sites for hydroxylation is 1. The van der Waals surface area contributed by atoms with Gasteiger partial charge in [-0.2, -0.15) is 0 Å². The molecule has 1 nitrogen and oxygen atoms in total. The highest BCUT2D eigenvalue weighted by atomic mass is 79.9. The van der Waals surface area contributed by atoms with Gasteiger partial charge in [-0.05, 0) is 34.0 Å². The molecule has 0 aliphatic rings. The second-order valence-electron chi connectivity index (χ2n) is 4.89. The van der Waals surface area contributed by atoms with E-state index >= 15 is 0 Å². The van der Waals surface area contributed by atoms with Crippen molar-refractivity contribution in [3.63, 3.8) is 0 Å². The standard InChI is InChI=1S/C13H16BrFO/c1-13(2,3)11(16)8-7-9-5-4-6-10(15)12(9)14/h4-6H,7-8H2,1-3H3. The monoisotopic (exact) mass is 286 g/mol. The highest BCUT2D eigenvalue weighted by Crippen LogP contribution is 2.24. The van der Waals surface area contributed by atoms with Gasteiger partial charge in [-0.3, -0.25) is 4.79 Å². The van der Waals surface area contributed by atoms with Crippen LogP contribution in [0.15, 0.2) is 22.7 Å². The van der Waals surface area contributed by atoms with Crippen molar-refractivity contribution in [3.05, 3.63) is 34.1 Å². The molecule has 1 aromatic carbocycles. The molecule has 0 spiro atoms. The van der Waals surface area contributed by atoms with E-state index in [1.807, 2.05) is 26.8 Å². The van der Waals surface area contributed by atoms with Crippen LogP contribution in [0.2, 0.25) is 0 Å². The second-order valence-corrected chi connectivity index (χ2v) is 5.68. The summed E-state index contributed by atoms with van der Waals surface area (Å²) >= 11 is 3.19. The van der Waals surface area contributed by atoms with Gasteiger partial charge in [-0.15, -0.1) is 0 Å². The molecule has 16 heavy (non-hydrogen) atoms. The number of hydrogen-bond donors (Lipinski definition) is 0. The second kappa shape index (κ2) is 5.09. The first-order valence-electron chi connectivity index (χ1n) is 5.28. The molecular formula is C13H16BrFO. The normalized spacial score (nSPS) is 11.6. The molecule has 1 rings (SSSR count). The van der Waals surface area contributed by atoms with Crippen LogP contribution in [0, 0.1) is 11.2 Å². The Hall–Kier alpha value is -0.700. The van der Waals surface area contributed by atoms with Gasteiger partial charge < -0.3 is 0 Å². The number of carbonyl (C=O) groups is 1. The van der Waals surface area contributed by atoms with Crippen LogP contribution in [-0.4, -0.2) is 5.78 Å². The van der Waals surface area contributed by atoms with Crippen molar-refractivity contribution in [2.24, 2.45) is 5.41 Å². The van der Waals surface area contributed by atoms with Gasteiger partial charge in [0.25, 0.3) is 0 Å². The molecule has 0 fully saturated rings. The van der Waals surface area contributed by atoms with Crippen LogP contribution in [0.5, 0.6) is 0 Å². The molecule has 3 heteroatoms. The lowest BCUT2D eigenvalue weighted by atomic mass is 9.87. The number of benzene rings is 1. The zero-order valence-corrected chi connectivity index (χ0v) is 11.4. The minimum atomic E-state index is -0.320. The highest BCUT2D eigenvalue weighted by Gasteiger charge is 2.20. The van der Waals surface area contributed by atoms with Crippen molar-refractivity contribution < 1.29 is 9.18 Å². The number of halogens is 2. The van der Waals surface area contributed by atoms with Gasteiger partial charge in [-0.1, -0.05) is 32.9 Å². The van der Waals surface area contributed by atoms with Crippen LogP contribution in [0.4, 0.5) is 4.39 Å². The SMILES string of the molecule is CC(C)(C)C(=O)CCc1cccc(F)c1Br. The minimum absolute atomic E-state index is 0.198. The van der Waals surface area contributed by atoms with Crippen molar-refractivity contribution in [1.29, 1.82) is 0 Å². The number of hydrogen-bond acceptors (Lipinski definition) is 1. The number of Topliss-reactive ketones (excluding diaryl/α,β-unsaturated/α-hetero) is 1. The number of carbonyl (C=O) groups excluding carboxylic acids is 1. The smallest absolute Gasteiger partial charge is 0.138 e. The lowest BCUT2D eigenvalue weighted by molar-refractivity contribution is -0.126. The quantitative estimate of drug-likeness (QED) is 0.816. The lowest BCUT2D eigenvalue weighted by Crippen LogP contribution is -2.20. The van der Waals surface area contributed by atoms with Gasteiger partial charge in [0.1, 0.15) is 11.6 Å². The van der Waals surface area contributed by atoms with E-state index in [0.717, 1.165) is 5.56 Å². The fourth-order valence-electron chi connectivity index (χ4n) is 1.36. The van der Waals surface area contributed by atoms with E-state index in [1.54, 1.807) is 6.07 Å². The van der Waals surface area contributed by atoms with Gasteiger partial charge >= 0.3 is 0 Å². The Morgan fingerprint density at radius 3 is 2.56 bits per heavy atom. The maximum Gasteiger partial charge on any atom is 0.138 e. The topological polar surface area (TPSA) is 17.1 Å². The van der Waals surface area contributed by atoms with Crippen LogP contribution in [0.3, 0.4) is 0 Å². The first kappa shape index (κ1) is 13.4. The highest BCUT2D eigenvalue weighted by molar-refractivity contribution is 9.10. The van der Waals surface area contributed by atoms with Gasteiger partial charge in [0, 0.05) is 11.8 Å². The van der Waals surface area contributed by atoms with E-state index in [2.05, 4.69) is 15.9 Å². The molecule has 0 bridgehead atoms. The molecule has 0 atom stereocenters. The summed E-state index contributed by atoms with van der Waals surface area (Å²) < 4.78 is 13.7. The van der Waals surface area contributed by atoms with E-state index in [1.165, 1.54) is 6.07 Å². The minimum Gasteiger partial charge on any atom is -0.299 e. The summed E-state index contributed by atoms with van der Waals surface area (Å²) in [5, 5.41) is 0. The van der Waals surface area contributed by atoms with Gasteiger partial charge in [0.05, 0.1) is 4.47 Å². The van der Waals surface area contributed by atoms with Crippen molar-refractivity contribution >= 4 is 21.7 Å².